The number of rotatable bonds is 4. The standard InChI is InChI=1S/C26H14Cl2F6O3/c27-21-19(11-9-15(23(21)35)13-5-1-3-7-17(13)25(29,30)31)37-20-12-10-16(24(36)22(20)28)14-6-2-4-8-18(14)26(32,33)34/h1-12,35-36H. The third kappa shape index (κ3) is 5.14. The zero-order valence-corrected chi connectivity index (χ0v) is 19.8. The molecular formula is C26H14Cl2F6O3. The maximum absolute atomic E-state index is 13.4. The fraction of sp³-hybridized carbons (Fsp3) is 0.0769. The molecule has 4 aromatic carbocycles. The van der Waals surface area contributed by atoms with Crippen LogP contribution in [0.3, 0.4) is 0 Å². The van der Waals surface area contributed by atoms with Crippen LogP contribution in [0.25, 0.3) is 22.3 Å². The molecule has 0 heterocycles. The van der Waals surface area contributed by atoms with Gasteiger partial charge in [0.2, 0.25) is 0 Å². The first-order valence-electron chi connectivity index (χ1n) is 10.3. The molecule has 192 valence electrons. The second kappa shape index (κ2) is 9.72. The molecule has 0 spiro atoms. The Morgan fingerprint density at radius 3 is 1.22 bits per heavy atom. The summed E-state index contributed by atoms with van der Waals surface area (Å²) in [5, 5.41) is 20.2. The first-order valence-corrected chi connectivity index (χ1v) is 11.1. The van der Waals surface area contributed by atoms with Gasteiger partial charge in [-0.15, -0.1) is 0 Å². The van der Waals surface area contributed by atoms with Gasteiger partial charge in [-0.2, -0.15) is 26.3 Å². The first-order chi connectivity index (χ1) is 17.3. The lowest BCUT2D eigenvalue weighted by Gasteiger charge is -2.17. The lowest BCUT2D eigenvalue weighted by atomic mass is 9.98. The van der Waals surface area contributed by atoms with E-state index in [1.54, 1.807) is 0 Å². The molecule has 0 aliphatic carbocycles. The number of alkyl halides is 6. The van der Waals surface area contributed by atoms with Gasteiger partial charge < -0.3 is 14.9 Å². The van der Waals surface area contributed by atoms with Gasteiger partial charge in [-0.1, -0.05) is 59.6 Å². The summed E-state index contributed by atoms with van der Waals surface area (Å²) >= 11 is 12.3. The van der Waals surface area contributed by atoms with Crippen LogP contribution in [0.1, 0.15) is 11.1 Å². The Morgan fingerprint density at radius 2 is 0.865 bits per heavy atom. The molecule has 2 N–H and O–H groups in total. The van der Waals surface area contributed by atoms with Crippen molar-refractivity contribution in [3.63, 3.8) is 0 Å². The van der Waals surface area contributed by atoms with E-state index in [2.05, 4.69) is 0 Å². The van der Waals surface area contributed by atoms with E-state index in [-0.39, 0.29) is 33.8 Å². The van der Waals surface area contributed by atoms with Crippen LogP contribution >= 0.6 is 23.2 Å². The van der Waals surface area contributed by atoms with Gasteiger partial charge in [0.25, 0.3) is 0 Å². The highest BCUT2D eigenvalue weighted by Crippen LogP contribution is 2.49. The molecule has 0 radical (unpaired) electrons. The molecule has 0 unspecified atom stereocenters. The van der Waals surface area contributed by atoms with Gasteiger partial charge >= 0.3 is 12.4 Å². The summed E-state index contributed by atoms with van der Waals surface area (Å²) in [4.78, 5) is 0. The number of ether oxygens (including phenoxy) is 1. The zero-order valence-electron chi connectivity index (χ0n) is 18.3. The summed E-state index contributed by atoms with van der Waals surface area (Å²) < 4.78 is 86.1. The average Bonchev–Trinajstić information content (AvgIpc) is 2.84. The summed E-state index contributed by atoms with van der Waals surface area (Å²) in [7, 11) is 0. The monoisotopic (exact) mass is 558 g/mol. The molecule has 0 saturated carbocycles. The predicted molar refractivity (Wildman–Crippen MR) is 127 cm³/mol. The highest BCUT2D eigenvalue weighted by Gasteiger charge is 2.35. The Hall–Kier alpha value is -3.56. The van der Waals surface area contributed by atoms with Crippen LogP contribution in [0.5, 0.6) is 23.0 Å². The van der Waals surface area contributed by atoms with Crippen LogP contribution in [-0.4, -0.2) is 10.2 Å². The van der Waals surface area contributed by atoms with Crippen LogP contribution in [0, 0.1) is 0 Å². The van der Waals surface area contributed by atoms with Crippen molar-refractivity contribution >= 4 is 23.2 Å². The van der Waals surface area contributed by atoms with E-state index in [0.29, 0.717) is 0 Å². The highest BCUT2D eigenvalue weighted by atomic mass is 35.5. The van der Waals surface area contributed by atoms with E-state index < -0.39 is 45.0 Å². The van der Waals surface area contributed by atoms with Crippen LogP contribution in [-0.2, 0) is 12.4 Å². The minimum atomic E-state index is -4.69. The summed E-state index contributed by atoms with van der Waals surface area (Å²) in [6, 6.07) is 13.9. The molecule has 0 bridgehead atoms. The molecular weight excluding hydrogens is 545 g/mol. The lowest BCUT2D eigenvalue weighted by molar-refractivity contribution is -0.137. The summed E-state index contributed by atoms with van der Waals surface area (Å²) in [6.45, 7) is 0. The number of halogens is 8. The normalized spacial score (nSPS) is 12.0. The molecule has 37 heavy (non-hydrogen) atoms. The smallest absolute Gasteiger partial charge is 0.417 e. The minimum absolute atomic E-state index is 0.210. The number of aromatic hydroxyl groups is 2. The van der Waals surface area contributed by atoms with Gasteiger partial charge in [0.1, 0.15) is 33.0 Å². The van der Waals surface area contributed by atoms with Crippen LogP contribution in [0.4, 0.5) is 26.3 Å². The van der Waals surface area contributed by atoms with E-state index in [1.807, 2.05) is 0 Å². The number of phenolic OH excluding ortho intramolecular Hbond substituents is 2. The van der Waals surface area contributed by atoms with Crippen molar-refractivity contribution in [3.05, 3.63) is 94.0 Å². The molecule has 4 rings (SSSR count). The van der Waals surface area contributed by atoms with Crippen LogP contribution in [0.15, 0.2) is 72.8 Å². The van der Waals surface area contributed by atoms with Crippen molar-refractivity contribution in [2.75, 3.05) is 0 Å². The number of hydrogen-bond donors (Lipinski definition) is 2. The lowest BCUT2D eigenvalue weighted by Crippen LogP contribution is -2.07. The van der Waals surface area contributed by atoms with Gasteiger partial charge in [-0.25, -0.2) is 0 Å². The Labute approximate surface area is 216 Å². The van der Waals surface area contributed by atoms with E-state index in [1.165, 1.54) is 48.5 Å². The summed E-state index contributed by atoms with van der Waals surface area (Å²) in [5.74, 6) is -1.85. The average molecular weight is 559 g/mol. The van der Waals surface area contributed by atoms with Crippen molar-refractivity contribution in [2.24, 2.45) is 0 Å². The molecule has 0 amide bonds. The maximum Gasteiger partial charge on any atom is 0.417 e. The molecule has 0 saturated heterocycles. The summed E-state index contributed by atoms with van der Waals surface area (Å²) in [6.07, 6.45) is -9.38. The van der Waals surface area contributed by atoms with E-state index in [4.69, 9.17) is 27.9 Å². The Kier molecular flexibility index (Phi) is 6.96. The maximum atomic E-state index is 13.4. The highest BCUT2D eigenvalue weighted by molar-refractivity contribution is 6.35. The molecule has 4 aromatic rings. The van der Waals surface area contributed by atoms with E-state index in [9.17, 15) is 36.6 Å². The predicted octanol–water partition coefficient (Wildman–Crippen LogP) is 9.57. The van der Waals surface area contributed by atoms with Crippen molar-refractivity contribution in [1.29, 1.82) is 0 Å². The number of benzene rings is 4. The van der Waals surface area contributed by atoms with Crippen molar-refractivity contribution in [2.45, 2.75) is 12.4 Å². The van der Waals surface area contributed by atoms with Crippen LogP contribution in [0.2, 0.25) is 10.0 Å². The van der Waals surface area contributed by atoms with Gasteiger partial charge in [-0.3, -0.25) is 0 Å². The fourth-order valence-electron chi connectivity index (χ4n) is 3.73. The minimum Gasteiger partial charge on any atom is -0.506 e. The summed E-state index contributed by atoms with van der Waals surface area (Å²) in [5.41, 5.74) is -3.03. The zero-order chi connectivity index (χ0) is 27.1. The third-order valence-corrected chi connectivity index (χ3v) is 6.16. The molecule has 0 aliphatic rings. The van der Waals surface area contributed by atoms with Gasteiger partial charge in [-0.05, 0) is 47.5 Å². The van der Waals surface area contributed by atoms with E-state index in [0.717, 1.165) is 24.3 Å². The largest absolute Gasteiger partial charge is 0.506 e. The molecule has 0 atom stereocenters. The Balaban J connectivity index is 1.72. The quantitative estimate of drug-likeness (QED) is 0.245. The fourth-order valence-corrected chi connectivity index (χ4v) is 4.14. The van der Waals surface area contributed by atoms with Gasteiger partial charge in [0.15, 0.2) is 0 Å². The van der Waals surface area contributed by atoms with Crippen LogP contribution < -0.4 is 4.74 Å². The second-order valence-corrected chi connectivity index (χ2v) is 8.49. The Bertz CT molecular complexity index is 1370. The number of hydrogen-bond acceptors (Lipinski definition) is 3. The third-order valence-electron chi connectivity index (χ3n) is 5.43. The topological polar surface area (TPSA) is 49.7 Å². The SMILES string of the molecule is Oc1c(-c2ccccc2C(F)(F)F)ccc(Oc2ccc(-c3ccccc3C(F)(F)F)c(O)c2Cl)c1Cl. The van der Waals surface area contributed by atoms with Crippen molar-refractivity contribution < 1.29 is 41.3 Å². The molecule has 0 aliphatic heterocycles. The van der Waals surface area contributed by atoms with Gasteiger partial charge in [0.05, 0.1) is 11.1 Å². The first kappa shape index (κ1) is 26.5. The molecule has 0 aromatic heterocycles. The number of phenols is 2. The molecule has 0 fully saturated rings. The molecule has 11 heteroatoms. The van der Waals surface area contributed by atoms with E-state index >= 15 is 0 Å². The second-order valence-electron chi connectivity index (χ2n) is 7.74. The van der Waals surface area contributed by atoms with Crippen molar-refractivity contribution in [1.82, 2.24) is 0 Å². The van der Waals surface area contributed by atoms with Crippen molar-refractivity contribution in [3.8, 4) is 45.3 Å². The molecule has 3 nitrogen and oxygen atoms in total. The Morgan fingerprint density at radius 1 is 0.514 bits per heavy atom. The van der Waals surface area contributed by atoms with Gasteiger partial charge in [0, 0.05) is 11.1 Å².